The molecule has 5 N–H and O–H groups in total. The van der Waals surface area contributed by atoms with Gasteiger partial charge in [0.25, 0.3) is 0 Å². The molecule has 51 heavy (non-hydrogen) atoms. The van der Waals surface area contributed by atoms with E-state index in [0.29, 0.717) is 55.4 Å². The molecule has 0 aliphatic carbocycles. The van der Waals surface area contributed by atoms with Gasteiger partial charge in [0.1, 0.15) is 40.6 Å². The van der Waals surface area contributed by atoms with Crippen molar-refractivity contribution < 1.29 is 44.1 Å². The molecule has 0 spiro atoms. The van der Waals surface area contributed by atoms with Gasteiger partial charge >= 0.3 is 0 Å². The molecule has 0 aromatic heterocycles. The molecule has 4 aromatic carbocycles. The van der Waals surface area contributed by atoms with E-state index in [-0.39, 0.29) is 18.1 Å². The number of benzene rings is 4. The predicted molar refractivity (Wildman–Crippen MR) is 192 cm³/mol. The maximum absolute atomic E-state index is 12.4. The maximum Gasteiger partial charge on any atom is 0.128 e. The number of aromatic hydroxyl groups is 2. The number of hydrogen-bond acceptors (Lipinski definition) is 10. The van der Waals surface area contributed by atoms with E-state index in [0.717, 1.165) is 64.0 Å². The lowest BCUT2D eigenvalue weighted by molar-refractivity contribution is -0.0894. The first-order valence-electron chi connectivity index (χ1n) is 17.7. The first kappa shape index (κ1) is 34.9. The molecule has 0 bridgehead atoms. The van der Waals surface area contributed by atoms with E-state index in [1.807, 2.05) is 31.3 Å². The summed E-state index contributed by atoms with van der Waals surface area (Å²) in [4.78, 5) is 0. The minimum absolute atomic E-state index is 0.114. The molecule has 10 nitrogen and oxygen atoms in total. The third-order valence-electron chi connectivity index (χ3n) is 10.5. The van der Waals surface area contributed by atoms with E-state index in [9.17, 15) is 20.4 Å². The fourth-order valence-electron chi connectivity index (χ4n) is 8.23. The van der Waals surface area contributed by atoms with Gasteiger partial charge in [0, 0.05) is 66.3 Å². The summed E-state index contributed by atoms with van der Waals surface area (Å²) >= 11 is 0. The second-order valence-electron chi connectivity index (χ2n) is 13.7. The van der Waals surface area contributed by atoms with Crippen LogP contribution in [0.4, 0.5) is 0 Å². The summed E-state index contributed by atoms with van der Waals surface area (Å²) in [7, 11) is 5.15. The quantitative estimate of drug-likeness (QED) is 0.119. The average molecular weight is 698 g/mol. The topological polar surface area (TPSA) is 139 Å². The Morgan fingerprint density at radius 3 is 2.51 bits per heavy atom. The maximum atomic E-state index is 12.4. The third-order valence-corrected chi connectivity index (χ3v) is 10.5. The van der Waals surface area contributed by atoms with Crippen molar-refractivity contribution in [3.05, 3.63) is 94.0 Å². The molecule has 7 rings (SSSR count). The Bertz CT molecular complexity index is 1880. The number of hydrogen-bond donors (Lipinski definition) is 5. The van der Waals surface area contributed by atoms with E-state index in [1.54, 1.807) is 50.6 Å². The van der Waals surface area contributed by atoms with E-state index < -0.39 is 30.1 Å². The molecular weight excluding hydrogens is 650 g/mol. The highest BCUT2D eigenvalue weighted by atomic mass is 16.5. The summed E-state index contributed by atoms with van der Waals surface area (Å²) in [5.41, 5.74) is 6.53. The van der Waals surface area contributed by atoms with E-state index in [2.05, 4.69) is 5.32 Å². The van der Waals surface area contributed by atoms with Gasteiger partial charge in [-0.3, -0.25) is 0 Å². The van der Waals surface area contributed by atoms with Crippen LogP contribution in [0.5, 0.6) is 34.5 Å². The molecule has 0 saturated carbocycles. The lowest BCUT2D eigenvalue weighted by Crippen LogP contribution is -2.46. The molecule has 3 aliphatic rings. The average Bonchev–Trinajstić information content (AvgIpc) is 3.12. The number of phenolic OH excluding ortho intramolecular Hbond substituents is 2. The molecule has 0 amide bonds. The minimum atomic E-state index is -0.998. The van der Waals surface area contributed by atoms with Crippen molar-refractivity contribution in [2.75, 3.05) is 41.1 Å². The van der Waals surface area contributed by atoms with Crippen LogP contribution in [-0.4, -0.2) is 67.6 Å². The Morgan fingerprint density at radius 1 is 0.882 bits per heavy atom. The number of fused-ring (bicyclic) bond motifs is 4. The Labute approximate surface area is 298 Å². The SMILES string of the molecule is CNCc1cc2c(c3c1OCCC3)[C@H](O)[C@H]([C@H]1COc3c(Cc4cc(O)ccc4-c4cccc(O)c4)cc(OC)cc3[C@H]1O)[C@@H](CCCOC)O2. The van der Waals surface area contributed by atoms with Gasteiger partial charge in [0.15, 0.2) is 0 Å². The lowest BCUT2D eigenvalue weighted by atomic mass is 9.71. The monoisotopic (exact) mass is 697 g/mol. The number of methoxy groups -OCH3 is 2. The van der Waals surface area contributed by atoms with Crippen LogP contribution in [0.1, 0.15) is 64.9 Å². The molecular formula is C41H47NO9. The highest BCUT2D eigenvalue weighted by Gasteiger charge is 2.48. The van der Waals surface area contributed by atoms with Crippen LogP contribution in [0.3, 0.4) is 0 Å². The zero-order chi connectivity index (χ0) is 35.6. The fourth-order valence-corrected chi connectivity index (χ4v) is 8.23. The summed E-state index contributed by atoms with van der Waals surface area (Å²) in [6.07, 6.45) is 0.992. The molecule has 270 valence electrons. The molecule has 0 saturated heterocycles. The normalized spacial score (nSPS) is 22.1. The Morgan fingerprint density at radius 2 is 1.73 bits per heavy atom. The van der Waals surface area contributed by atoms with Gasteiger partial charge in [0.2, 0.25) is 0 Å². The molecule has 0 unspecified atom stereocenters. The Hall–Kier alpha value is -4.48. The van der Waals surface area contributed by atoms with Crippen molar-refractivity contribution in [3.63, 3.8) is 0 Å². The molecule has 3 heterocycles. The van der Waals surface area contributed by atoms with Crippen molar-refractivity contribution in [2.45, 2.75) is 57.0 Å². The molecule has 10 heteroatoms. The smallest absolute Gasteiger partial charge is 0.128 e. The van der Waals surface area contributed by atoms with Crippen molar-refractivity contribution in [2.24, 2.45) is 11.8 Å². The van der Waals surface area contributed by atoms with Crippen molar-refractivity contribution in [1.29, 1.82) is 0 Å². The summed E-state index contributed by atoms with van der Waals surface area (Å²) < 4.78 is 30.7. The number of aliphatic hydroxyl groups excluding tert-OH is 2. The van der Waals surface area contributed by atoms with Crippen LogP contribution in [0.2, 0.25) is 0 Å². The number of aliphatic hydroxyl groups is 2. The van der Waals surface area contributed by atoms with E-state index >= 15 is 0 Å². The zero-order valence-electron chi connectivity index (χ0n) is 29.4. The van der Waals surface area contributed by atoms with Gasteiger partial charge in [0.05, 0.1) is 32.5 Å². The number of nitrogens with one attached hydrogen (secondary N) is 1. The fraction of sp³-hybridized carbons (Fsp3) is 0.415. The standard InChI is InChI=1S/C41H47NO9/c1-42-21-26-19-35-36(31-9-5-14-49-41(26)31)39(46)37(34(51-35)10-6-13-47-2)33-22-50-40-25(18-29(48-3)20-32(40)38(33)45)15-24-17-28(44)11-12-30(24)23-7-4-8-27(43)16-23/h4,7-8,11-12,16-20,33-34,37-39,42-46H,5-6,9-10,13-15,21-22H2,1-3H3/t33-,34-,37-,38-,39+/m1/s1. The van der Waals surface area contributed by atoms with Crippen molar-refractivity contribution >= 4 is 0 Å². The number of rotatable bonds is 11. The number of phenols is 2. The van der Waals surface area contributed by atoms with Crippen LogP contribution in [0.15, 0.2) is 60.7 Å². The highest BCUT2D eigenvalue weighted by molar-refractivity contribution is 5.71. The second-order valence-corrected chi connectivity index (χ2v) is 13.7. The summed E-state index contributed by atoms with van der Waals surface area (Å²) in [5.74, 6) is 1.85. The van der Waals surface area contributed by atoms with Gasteiger partial charge in [-0.15, -0.1) is 0 Å². The van der Waals surface area contributed by atoms with Gasteiger partial charge in [-0.2, -0.15) is 0 Å². The first-order valence-corrected chi connectivity index (χ1v) is 17.7. The van der Waals surface area contributed by atoms with Gasteiger partial charge < -0.3 is 49.4 Å². The van der Waals surface area contributed by atoms with Crippen LogP contribution < -0.4 is 24.3 Å². The molecule has 0 fully saturated rings. The van der Waals surface area contributed by atoms with E-state index in [1.165, 1.54) is 0 Å². The minimum Gasteiger partial charge on any atom is -0.508 e. The number of ether oxygens (including phenoxy) is 5. The van der Waals surface area contributed by atoms with Crippen molar-refractivity contribution in [3.8, 4) is 45.6 Å². The van der Waals surface area contributed by atoms with Crippen molar-refractivity contribution in [1.82, 2.24) is 5.32 Å². The summed E-state index contributed by atoms with van der Waals surface area (Å²) in [6, 6.07) is 17.8. The molecule has 5 atom stereocenters. The Kier molecular flexibility index (Phi) is 10.3. The molecule has 0 radical (unpaired) electrons. The van der Waals surface area contributed by atoms with E-state index in [4.69, 9.17) is 23.7 Å². The van der Waals surface area contributed by atoms with Crippen LogP contribution in [0.25, 0.3) is 11.1 Å². The van der Waals surface area contributed by atoms with Gasteiger partial charge in [-0.25, -0.2) is 0 Å². The van der Waals surface area contributed by atoms with Gasteiger partial charge in [-0.1, -0.05) is 18.2 Å². The van der Waals surface area contributed by atoms with Crippen LogP contribution in [0, 0.1) is 11.8 Å². The zero-order valence-corrected chi connectivity index (χ0v) is 29.4. The first-order chi connectivity index (χ1) is 24.8. The van der Waals surface area contributed by atoms with Crippen LogP contribution >= 0.6 is 0 Å². The lowest BCUT2D eigenvalue weighted by Gasteiger charge is -2.46. The largest absolute Gasteiger partial charge is 0.508 e. The van der Waals surface area contributed by atoms with Crippen LogP contribution in [-0.2, 0) is 24.1 Å². The molecule has 4 aromatic rings. The predicted octanol–water partition coefficient (Wildman–Crippen LogP) is 5.99. The third kappa shape index (κ3) is 6.81. The summed E-state index contributed by atoms with van der Waals surface area (Å²) in [6.45, 7) is 1.94. The Balaban J connectivity index is 1.26. The highest BCUT2D eigenvalue weighted by Crippen LogP contribution is 2.53. The molecule has 3 aliphatic heterocycles. The van der Waals surface area contributed by atoms with Gasteiger partial charge in [-0.05, 0) is 91.9 Å². The summed E-state index contributed by atoms with van der Waals surface area (Å²) in [5, 5.41) is 48.5. The second kappa shape index (κ2) is 15.0.